The molecule has 5 heteroatoms. The Bertz CT molecular complexity index is 363. The van der Waals surface area contributed by atoms with Crippen molar-refractivity contribution in [3.05, 3.63) is 35.9 Å². The molecule has 16 heavy (non-hydrogen) atoms. The van der Waals surface area contributed by atoms with Crippen molar-refractivity contribution < 1.29 is 14.4 Å². The Hall–Kier alpha value is -0.670. The van der Waals surface area contributed by atoms with Gasteiger partial charge in [0.25, 0.3) is 0 Å². The van der Waals surface area contributed by atoms with Crippen LogP contribution in [0.15, 0.2) is 30.3 Å². The fraction of sp³-hybridized carbons (Fsp3) is 0.455. The van der Waals surface area contributed by atoms with Crippen molar-refractivity contribution in [2.75, 3.05) is 6.16 Å². The van der Waals surface area contributed by atoms with Crippen molar-refractivity contribution in [1.82, 2.24) is 0 Å². The van der Waals surface area contributed by atoms with Crippen LogP contribution >= 0.6 is 7.60 Å². The molecule has 0 aromatic heterocycles. The zero-order valence-corrected chi connectivity index (χ0v) is 10.2. The maximum absolute atomic E-state index is 10.7. The molecular weight excluding hydrogens is 225 g/mol. The summed E-state index contributed by atoms with van der Waals surface area (Å²) in [5, 5.41) is 0. The molecule has 1 aromatic carbocycles. The third-order valence-corrected chi connectivity index (χ3v) is 3.56. The molecular formula is C11H18NO3P. The molecule has 2 atom stereocenters. The van der Waals surface area contributed by atoms with Crippen molar-refractivity contribution >= 4 is 7.60 Å². The van der Waals surface area contributed by atoms with Crippen LogP contribution in [0.4, 0.5) is 0 Å². The van der Waals surface area contributed by atoms with E-state index in [9.17, 15) is 4.57 Å². The number of hydrogen-bond donors (Lipinski definition) is 3. The lowest BCUT2D eigenvalue weighted by Crippen LogP contribution is -2.27. The van der Waals surface area contributed by atoms with E-state index in [0.717, 1.165) is 5.56 Å². The number of hydrogen-bond acceptors (Lipinski definition) is 2. The molecule has 0 saturated heterocycles. The zero-order chi connectivity index (χ0) is 12.2. The van der Waals surface area contributed by atoms with Gasteiger partial charge < -0.3 is 15.5 Å². The Kier molecular flexibility index (Phi) is 4.69. The Morgan fingerprint density at radius 2 is 1.88 bits per heavy atom. The lowest BCUT2D eigenvalue weighted by Gasteiger charge is -2.20. The molecule has 90 valence electrons. The molecule has 0 bridgehead atoms. The number of rotatable bonds is 5. The first-order chi connectivity index (χ1) is 7.40. The Balaban J connectivity index is 2.55. The van der Waals surface area contributed by atoms with Gasteiger partial charge in [-0.1, -0.05) is 37.3 Å². The fourth-order valence-corrected chi connectivity index (χ4v) is 2.21. The van der Waals surface area contributed by atoms with Gasteiger partial charge in [-0.2, -0.15) is 0 Å². The summed E-state index contributed by atoms with van der Waals surface area (Å²) in [5.74, 6) is 0.104. The predicted molar refractivity (Wildman–Crippen MR) is 64.4 cm³/mol. The minimum Gasteiger partial charge on any atom is -0.327 e. The lowest BCUT2D eigenvalue weighted by molar-refractivity contribution is 0.367. The Labute approximate surface area is 95.6 Å². The average molecular weight is 243 g/mol. The van der Waals surface area contributed by atoms with Crippen LogP contribution in [0.3, 0.4) is 0 Å². The maximum atomic E-state index is 10.7. The zero-order valence-electron chi connectivity index (χ0n) is 9.28. The second kappa shape index (κ2) is 5.60. The fourth-order valence-electron chi connectivity index (χ4n) is 1.57. The quantitative estimate of drug-likeness (QED) is 0.687. The highest BCUT2D eigenvalue weighted by Crippen LogP contribution is 2.36. The molecule has 0 saturated carbocycles. The summed E-state index contributed by atoms with van der Waals surface area (Å²) >= 11 is 0. The first-order valence-electron chi connectivity index (χ1n) is 5.25. The minimum atomic E-state index is -3.93. The summed E-state index contributed by atoms with van der Waals surface area (Å²) in [7, 11) is -3.93. The Morgan fingerprint density at radius 3 is 2.38 bits per heavy atom. The van der Waals surface area contributed by atoms with Crippen LogP contribution in [-0.4, -0.2) is 22.0 Å². The van der Waals surface area contributed by atoms with Gasteiger partial charge in [0.05, 0.1) is 6.16 Å². The van der Waals surface area contributed by atoms with E-state index in [1.54, 1.807) is 0 Å². The van der Waals surface area contributed by atoms with Crippen molar-refractivity contribution in [1.29, 1.82) is 0 Å². The van der Waals surface area contributed by atoms with E-state index >= 15 is 0 Å². The monoisotopic (exact) mass is 243 g/mol. The molecule has 0 aliphatic rings. The van der Waals surface area contributed by atoms with E-state index in [1.165, 1.54) is 0 Å². The van der Waals surface area contributed by atoms with Crippen LogP contribution in [0.1, 0.15) is 24.8 Å². The smallest absolute Gasteiger partial charge is 0.325 e. The van der Waals surface area contributed by atoms with Crippen LogP contribution in [0.5, 0.6) is 0 Å². The molecule has 1 aromatic rings. The number of benzene rings is 1. The molecule has 1 rings (SSSR count). The van der Waals surface area contributed by atoms with Crippen LogP contribution in [0.25, 0.3) is 0 Å². The predicted octanol–water partition coefficient (Wildman–Crippen LogP) is 1.69. The highest BCUT2D eigenvalue weighted by Gasteiger charge is 2.19. The van der Waals surface area contributed by atoms with Gasteiger partial charge >= 0.3 is 7.60 Å². The second-order valence-corrected chi connectivity index (χ2v) is 5.82. The van der Waals surface area contributed by atoms with Gasteiger partial charge in [0.1, 0.15) is 0 Å². The maximum Gasteiger partial charge on any atom is 0.325 e. The van der Waals surface area contributed by atoms with E-state index in [-0.39, 0.29) is 18.1 Å². The van der Waals surface area contributed by atoms with Gasteiger partial charge in [-0.25, -0.2) is 0 Å². The molecule has 0 radical (unpaired) electrons. The summed E-state index contributed by atoms with van der Waals surface area (Å²) in [6.07, 6.45) is 0.186. The number of nitrogens with two attached hydrogens (primary N) is 1. The topological polar surface area (TPSA) is 83.6 Å². The van der Waals surface area contributed by atoms with E-state index < -0.39 is 7.60 Å². The summed E-state index contributed by atoms with van der Waals surface area (Å²) in [5.41, 5.74) is 7.01. The van der Waals surface area contributed by atoms with Gasteiger partial charge in [-0.15, -0.1) is 0 Å². The molecule has 0 fully saturated rings. The third-order valence-electron chi connectivity index (χ3n) is 2.72. The van der Waals surface area contributed by atoms with Crippen LogP contribution < -0.4 is 5.73 Å². The highest BCUT2D eigenvalue weighted by atomic mass is 31.2. The molecule has 0 aliphatic carbocycles. The first kappa shape index (κ1) is 13.4. The normalized spacial score (nSPS) is 15.8. The van der Waals surface area contributed by atoms with Gasteiger partial charge in [-0.05, 0) is 17.9 Å². The Morgan fingerprint density at radius 1 is 1.31 bits per heavy atom. The second-order valence-electron chi connectivity index (χ2n) is 4.04. The van der Waals surface area contributed by atoms with Gasteiger partial charge in [-0.3, -0.25) is 4.57 Å². The molecule has 4 N–H and O–H groups in total. The highest BCUT2D eigenvalue weighted by molar-refractivity contribution is 7.51. The van der Waals surface area contributed by atoms with Gasteiger partial charge in [0, 0.05) is 6.04 Å². The van der Waals surface area contributed by atoms with E-state index in [4.69, 9.17) is 15.5 Å². The molecule has 4 nitrogen and oxygen atoms in total. The van der Waals surface area contributed by atoms with Crippen molar-refractivity contribution in [3.8, 4) is 0 Å². The van der Waals surface area contributed by atoms with Crippen LogP contribution in [0.2, 0.25) is 0 Å². The summed E-state index contributed by atoms with van der Waals surface area (Å²) in [6, 6.07) is 9.51. The third kappa shape index (κ3) is 4.45. The van der Waals surface area contributed by atoms with Crippen molar-refractivity contribution in [3.63, 3.8) is 0 Å². The van der Waals surface area contributed by atoms with E-state index in [2.05, 4.69) is 0 Å². The SMILES string of the molecule is CC(c1ccccc1)C(N)CCP(=O)(O)O. The van der Waals surface area contributed by atoms with Crippen molar-refractivity contribution in [2.45, 2.75) is 25.3 Å². The molecule has 2 unspecified atom stereocenters. The van der Waals surface area contributed by atoms with Gasteiger partial charge in [0.15, 0.2) is 0 Å². The summed E-state index contributed by atoms with van der Waals surface area (Å²) in [4.78, 5) is 17.5. The molecule has 0 aliphatic heterocycles. The standard InChI is InChI=1S/C11H18NO3P/c1-9(10-5-3-2-4-6-10)11(12)7-8-16(13,14)15/h2-6,9,11H,7-8,12H2,1H3,(H2,13,14,15). The van der Waals surface area contributed by atoms with Crippen LogP contribution in [-0.2, 0) is 4.57 Å². The van der Waals surface area contributed by atoms with E-state index in [0.29, 0.717) is 6.42 Å². The first-order valence-corrected chi connectivity index (χ1v) is 7.05. The summed E-state index contributed by atoms with van der Waals surface area (Å²) in [6.45, 7) is 1.97. The van der Waals surface area contributed by atoms with Crippen molar-refractivity contribution in [2.24, 2.45) is 5.73 Å². The van der Waals surface area contributed by atoms with Crippen LogP contribution in [0, 0.1) is 0 Å². The molecule has 0 heterocycles. The molecule has 0 amide bonds. The summed E-state index contributed by atoms with van der Waals surface area (Å²) < 4.78 is 10.7. The average Bonchev–Trinajstić information content (AvgIpc) is 2.25. The largest absolute Gasteiger partial charge is 0.327 e. The lowest BCUT2D eigenvalue weighted by atomic mass is 9.92. The molecule has 0 spiro atoms. The van der Waals surface area contributed by atoms with Gasteiger partial charge in [0.2, 0.25) is 0 Å². The minimum absolute atomic E-state index is 0.104. The van der Waals surface area contributed by atoms with E-state index in [1.807, 2.05) is 37.3 Å².